The first-order valence-electron chi connectivity index (χ1n) is 7.11. The molecule has 1 saturated heterocycles. The number of amides is 1. The van der Waals surface area contributed by atoms with E-state index in [1.165, 1.54) is 30.6 Å². The summed E-state index contributed by atoms with van der Waals surface area (Å²) in [5, 5.41) is 3.46. The van der Waals surface area contributed by atoms with Gasteiger partial charge in [0.25, 0.3) is 5.91 Å². The van der Waals surface area contributed by atoms with E-state index in [0.717, 1.165) is 26.1 Å². The summed E-state index contributed by atoms with van der Waals surface area (Å²) < 4.78 is 1.07. The van der Waals surface area contributed by atoms with E-state index < -0.39 is 0 Å². The van der Waals surface area contributed by atoms with Crippen molar-refractivity contribution in [3.8, 4) is 0 Å². The Labute approximate surface area is 133 Å². The van der Waals surface area contributed by atoms with Crippen molar-refractivity contribution in [1.29, 1.82) is 0 Å². The molecule has 2 heterocycles. The fourth-order valence-electron chi connectivity index (χ4n) is 2.69. The quantitative estimate of drug-likeness (QED) is 0.892. The van der Waals surface area contributed by atoms with Crippen LogP contribution in [0.3, 0.4) is 0 Å². The van der Waals surface area contributed by atoms with Gasteiger partial charge in [-0.05, 0) is 44.2 Å². The van der Waals surface area contributed by atoms with Crippen LogP contribution in [0.2, 0.25) is 8.67 Å². The molecule has 1 atom stereocenters. The van der Waals surface area contributed by atoms with Crippen molar-refractivity contribution in [3.63, 3.8) is 0 Å². The summed E-state index contributed by atoms with van der Waals surface area (Å²) in [7, 11) is 0. The van der Waals surface area contributed by atoms with Gasteiger partial charge in [-0.3, -0.25) is 4.79 Å². The lowest BCUT2D eigenvalue weighted by Gasteiger charge is -2.26. The Balaban J connectivity index is 1.72. The number of hydrogen-bond acceptors (Lipinski definition) is 3. The topological polar surface area (TPSA) is 32.3 Å². The van der Waals surface area contributed by atoms with Crippen molar-refractivity contribution in [1.82, 2.24) is 10.2 Å². The maximum Gasteiger partial charge on any atom is 0.256 e. The molecule has 20 heavy (non-hydrogen) atoms. The minimum absolute atomic E-state index is 0.0266. The number of halogens is 2. The number of nitrogens with one attached hydrogen (secondary N) is 1. The molecule has 1 unspecified atom stereocenters. The van der Waals surface area contributed by atoms with Crippen LogP contribution in [0, 0.1) is 5.92 Å². The predicted octanol–water partition coefficient (Wildman–Crippen LogP) is 3.66. The highest BCUT2D eigenvalue weighted by atomic mass is 35.5. The molecule has 3 nitrogen and oxygen atoms in total. The molecule has 2 aliphatic rings. The van der Waals surface area contributed by atoms with Crippen molar-refractivity contribution in [2.75, 3.05) is 19.6 Å². The van der Waals surface area contributed by atoms with Gasteiger partial charge in [-0.1, -0.05) is 23.2 Å². The van der Waals surface area contributed by atoms with Gasteiger partial charge in [0, 0.05) is 19.1 Å². The van der Waals surface area contributed by atoms with Gasteiger partial charge in [0.05, 0.1) is 9.90 Å². The molecule has 3 rings (SSSR count). The van der Waals surface area contributed by atoms with E-state index >= 15 is 0 Å². The molecule has 1 saturated carbocycles. The number of carbonyl (C=O) groups excluding carboxylic acids is 1. The highest BCUT2D eigenvalue weighted by Crippen LogP contribution is 2.34. The van der Waals surface area contributed by atoms with Crippen LogP contribution in [0.4, 0.5) is 0 Å². The van der Waals surface area contributed by atoms with Crippen LogP contribution >= 0.6 is 34.5 Å². The van der Waals surface area contributed by atoms with Gasteiger partial charge in [-0.15, -0.1) is 11.3 Å². The van der Waals surface area contributed by atoms with Gasteiger partial charge in [0.1, 0.15) is 4.34 Å². The lowest BCUT2D eigenvalue weighted by molar-refractivity contribution is 0.0734. The molecule has 1 aromatic rings. The standard InChI is InChI=1S/C14H18Cl2N2OS/c15-12-6-11(13(16)20-12)14(19)18(7-9-3-4-9)8-10-2-1-5-17-10/h6,9-10,17H,1-5,7-8H2. The van der Waals surface area contributed by atoms with Crippen LogP contribution < -0.4 is 5.32 Å². The molecular weight excluding hydrogens is 315 g/mol. The zero-order valence-corrected chi connectivity index (χ0v) is 13.5. The Morgan fingerprint density at radius 3 is 2.70 bits per heavy atom. The fraction of sp³-hybridized carbons (Fsp3) is 0.643. The lowest BCUT2D eigenvalue weighted by Crippen LogP contribution is -2.42. The van der Waals surface area contributed by atoms with Crippen molar-refractivity contribution in [3.05, 3.63) is 20.3 Å². The zero-order valence-electron chi connectivity index (χ0n) is 11.2. The van der Waals surface area contributed by atoms with Crippen LogP contribution in [0.1, 0.15) is 36.0 Å². The smallest absolute Gasteiger partial charge is 0.256 e. The van der Waals surface area contributed by atoms with Gasteiger partial charge in [0.2, 0.25) is 0 Å². The molecule has 1 aliphatic carbocycles. The van der Waals surface area contributed by atoms with E-state index in [2.05, 4.69) is 5.32 Å². The Morgan fingerprint density at radius 2 is 2.15 bits per heavy atom. The second-order valence-corrected chi connectivity index (χ2v) is 7.97. The Morgan fingerprint density at radius 1 is 1.35 bits per heavy atom. The predicted molar refractivity (Wildman–Crippen MR) is 84.0 cm³/mol. The van der Waals surface area contributed by atoms with E-state index in [1.807, 2.05) is 4.90 Å². The van der Waals surface area contributed by atoms with Crippen molar-refractivity contribution < 1.29 is 4.79 Å². The van der Waals surface area contributed by atoms with Crippen molar-refractivity contribution >= 4 is 40.4 Å². The summed E-state index contributed by atoms with van der Waals surface area (Å²) in [6, 6.07) is 2.12. The molecule has 2 fully saturated rings. The van der Waals surface area contributed by atoms with E-state index in [-0.39, 0.29) is 5.91 Å². The molecule has 0 bridgehead atoms. The van der Waals surface area contributed by atoms with Crippen LogP contribution in [0.5, 0.6) is 0 Å². The maximum absolute atomic E-state index is 12.7. The van der Waals surface area contributed by atoms with Crippen molar-refractivity contribution in [2.24, 2.45) is 5.92 Å². The average molecular weight is 333 g/mol. The Hall–Kier alpha value is -0.290. The van der Waals surface area contributed by atoms with Gasteiger partial charge in [-0.25, -0.2) is 0 Å². The molecule has 1 N–H and O–H groups in total. The highest BCUT2D eigenvalue weighted by Gasteiger charge is 2.30. The van der Waals surface area contributed by atoms with Gasteiger partial charge < -0.3 is 10.2 Å². The maximum atomic E-state index is 12.7. The summed E-state index contributed by atoms with van der Waals surface area (Å²) in [6.07, 6.45) is 4.81. The van der Waals surface area contributed by atoms with Crippen molar-refractivity contribution in [2.45, 2.75) is 31.7 Å². The second-order valence-electron chi connectivity index (χ2n) is 5.68. The fourth-order valence-corrected chi connectivity index (χ4v) is 4.14. The summed E-state index contributed by atoms with van der Waals surface area (Å²) >= 11 is 13.3. The average Bonchev–Trinajstić information content (AvgIpc) is 2.94. The number of nitrogens with zero attached hydrogens (tertiary/aromatic N) is 1. The van der Waals surface area contributed by atoms with Crippen LogP contribution in [0.15, 0.2) is 6.07 Å². The molecular formula is C14H18Cl2N2OS. The number of carbonyl (C=O) groups is 1. The van der Waals surface area contributed by atoms with E-state index in [0.29, 0.717) is 26.2 Å². The van der Waals surface area contributed by atoms with Gasteiger partial charge in [-0.2, -0.15) is 0 Å². The first-order valence-corrected chi connectivity index (χ1v) is 8.68. The van der Waals surface area contributed by atoms with E-state index in [9.17, 15) is 4.79 Å². The summed E-state index contributed by atoms with van der Waals surface area (Å²) in [5.41, 5.74) is 0.556. The third kappa shape index (κ3) is 3.48. The lowest BCUT2D eigenvalue weighted by atomic mass is 10.2. The molecule has 6 heteroatoms. The Kier molecular flexibility index (Phi) is 4.55. The molecule has 1 aromatic heterocycles. The zero-order chi connectivity index (χ0) is 14.1. The monoisotopic (exact) mass is 332 g/mol. The highest BCUT2D eigenvalue weighted by molar-refractivity contribution is 7.20. The number of thiophene rings is 1. The van der Waals surface area contributed by atoms with Crippen LogP contribution in [0.25, 0.3) is 0 Å². The third-order valence-corrected chi connectivity index (χ3v) is 5.44. The molecule has 0 radical (unpaired) electrons. The second kappa shape index (κ2) is 6.22. The normalized spacial score (nSPS) is 22.2. The van der Waals surface area contributed by atoms with Crippen LogP contribution in [-0.4, -0.2) is 36.5 Å². The third-order valence-electron chi connectivity index (χ3n) is 3.95. The van der Waals surface area contributed by atoms with Gasteiger partial charge in [0.15, 0.2) is 0 Å². The van der Waals surface area contributed by atoms with Crippen LogP contribution in [-0.2, 0) is 0 Å². The first kappa shape index (κ1) is 14.6. The van der Waals surface area contributed by atoms with E-state index in [1.54, 1.807) is 6.07 Å². The van der Waals surface area contributed by atoms with E-state index in [4.69, 9.17) is 23.2 Å². The minimum Gasteiger partial charge on any atom is -0.337 e. The summed E-state index contributed by atoms with van der Waals surface area (Å²) in [6.45, 7) is 2.68. The van der Waals surface area contributed by atoms with Gasteiger partial charge >= 0.3 is 0 Å². The number of rotatable bonds is 5. The summed E-state index contributed by atoms with van der Waals surface area (Å²) in [4.78, 5) is 14.7. The molecule has 1 aliphatic heterocycles. The molecule has 110 valence electrons. The minimum atomic E-state index is 0.0266. The number of hydrogen-bond donors (Lipinski definition) is 1. The SMILES string of the molecule is O=C(c1cc(Cl)sc1Cl)N(CC1CC1)CC1CCCN1. The molecule has 0 spiro atoms. The molecule has 0 aromatic carbocycles. The molecule has 1 amide bonds. The Bertz CT molecular complexity index is 495. The largest absolute Gasteiger partial charge is 0.337 e. The first-order chi connectivity index (χ1) is 9.63. The summed E-state index contributed by atoms with van der Waals surface area (Å²) in [5.74, 6) is 0.701.